The van der Waals surface area contributed by atoms with Gasteiger partial charge in [0, 0.05) is 0 Å². The van der Waals surface area contributed by atoms with Gasteiger partial charge < -0.3 is 0 Å². The maximum atomic E-state index is 8.75. The molecule has 2 aliphatic carbocycles. The van der Waals surface area contributed by atoms with E-state index in [4.69, 9.17) is 17.0 Å². The van der Waals surface area contributed by atoms with Gasteiger partial charge in [-0.3, -0.25) is 0 Å². The summed E-state index contributed by atoms with van der Waals surface area (Å²) in [5.74, 6) is -0.172. The first-order chi connectivity index (χ1) is 23.3. The van der Waals surface area contributed by atoms with Crippen LogP contribution in [0.4, 0.5) is 0 Å². The molecule has 0 fully saturated rings. The van der Waals surface area contributed by atoms with Crippen molar-refractivity contribution in [1.82, 2.24) is 0 Å². The van der Waals surface area contributed by atoms with Gasteiger partial charge in [-0.25, -0.2) is 0 Å². The molecule has 4 heteroatoms. The molecule has 2 aliphatic rings. The third-order valence-electron chi connectivity index (χ3n) is 12.3. The van der Waals surface area contributed by atoms with Crippen LogP contribution in [0, 0.1) is 5.92 Å². The first kappa shape index (κ1) is 36.8. The summed E-state index contributed by atoms with van der Waals surface area (Å²) in [6.45, 7) is 21.1. The number of hydrogen-bond donors (Lipinski definition) is 0. The fourth-order valence-electron chi connectivity index (χ4n) is 8.74. The van der Waals surface area contributed by atoms with Crippen molar-refractivity contribution >= 4 is 35.1 Å². The number of hydrogen-bond acceptors (Lipinski definition) is 0. The topological polar surface area (TPSA) is 0 Å². The summed E-state index contributed by atoms with van der Waals surface area (Å²) in [4.78, 5) is 0. The molecule has 0 amide bonds. The molecule has 4 unspecified atom stereocenters. The van der Waals surface area contributed by atoms with Crippen LogP contribution < -0.4 is 0 Å². The van der Waals surface area contributed by atoms with E-state index in [1.54, 1.807) is 0 Å². The van der Waals surface area contributed by atoms with Crippen molar-refractivity contribution in [2.75, 3.05) is 0 Å². The van der Waals surface area contributed by atoms with Crippen LogP contribution in [0.3, 0.4) is 0 Å². The Kier molecular flexibility index (Phi) is 10.7. The van der Waals surface area contributed by atoms with E-state index in [-0.39, 0.29) is 7.25 Å². The van der Waals surface area contributed by atoms with Crippen molar-refractivity contribution < 1.29 is 15.6 Å². The van der Waals surface area contributed by atoms with Crippen molar-refractivity contribution in [3.63, 3.8) is 0 Å². The molecule has 4 atom stereocenters. The Morgan fingerprint density at radius 1 is 0.612 bits per heavy atom. The van der Waals surface area contributed by atoms with Gasteiger partial charge in [0.05, 0.1) is 0 Å². The minimum atomic E-state index is -4.86. The number of benzene rings is 4. The Hall–Kier alpha value is -1.96. The van der Waals surface area contributed by atoms with Crippen molar-refractivity contribution in [3.8, 4) is 22.3 Å². The van der Waals surface area contributed by atoms with E-state index < -0.39 is 21.5 Å². The van der Waals surface area contributed by atoms with E-state index in [9.17, 15) is 0 Å². The van der Waals surface area contributed by atoms with Gasteiger partial charge in [-0.15, -0.1) is 0 Å². The standard InChI is InChI=1S/C22H25.C21H23.C2H7Si.2ClH.Zr/c1-5-16(4)20-13-19-7-6-8-21(22(19)14-20)18-11-9-17(10-12-18)15(2)3;1-4-15(3)17-9-11-18(12-10-17)20-8-6-7-19-13-16(5-2)14-21(19)20;1-3-2;;;/h6-16H,5H2,1-4H3;6-15H,4-5H2,1-3H3;3H,1-2H3;2*1H;/q;;;;;+2/p-2. The molecule has 4 aromatic carbocycles. The Bertz CT molecular complexity index is 1900. The monoisotopic (exact) mass is 783 g/mol. The molecule has 0 radical (unpaired) electrons. The first-order valence-corrected chi connectivity index (χ1v) is 35.1. The average molecular weight is 786 g/mol. The fraction of sp³-hybridized carbons (Fsp3) is 0.378. The molecule has 4 aromatic rings. The van der Waals surface area contributed by atoms with Crippen LogP contribution >= 0.6 is 17.0 Å². The summed E-state index contributed by atoms with van der Waals surface area (Å²) in [7, 11) is 17.5. The number of allylic oxidation sites excluding steroid dienone is 2. The zero-order valence-corrected chi connectivity index (χ0v) is 36.2. The molecule has 0 aliphatic heterocycles. The Balaban J connectivity index is 1.54. The average Bonchev–Trinajstić information content (AvgIpc) is 3.71. The van der Waals surface area contributed by atoms with Crippen LogP contribution in [0.2, 0.25) is 13.1 Å². The molecule has 49 heavy (non-hydrogen) atoms. The number of rotatable bonds is 11. The summed E-state index contributed by atoms with van der Waals surface area (Å²) >= 11 is -4.86. The van der Waals surface area contributed by atoms with Gasteiger partial charge in [-0.05, 0) is 0 Å². The molecule has 0 N–H and O–H groups in total. The van der Waals surface area contributed by atoms with Gasteiger partial charge in [0.25, 0.3) is 0 Å². The Morgan fingerprint density at radius 3 is 1.57 bits per heavy atom. The molecule has 0 spiro atoms. The van der Waals surface area contributed by atoms with E-state index in [0.29, 0.717) is 17.8 Å². The Labute approximate surface area is 305 Å². The van der Waals surface area contributed by atoms with Crippen LogP contribution in [0.15, 0.2) is 96.1 Å². The second-order valence-corrected chi connectivity index (χ2v) is 58.1. The van der Waals surface area contributed by atoms with Gasteiger partial charge in [0.1, 0.15) is 0 Å². The molecule has 0 nitrogen and oxygen atoms in total. The van der Waals surface area contributed by atoms with Crippen LogP contribution in [-0.2, 0) is 15.6 Å². The molecule has 0 saturated carbocycles. The van der Waals surface area contributed by atoms with Crippen LogP contribution in [0.1, 0.15) is 120 Å². The molecule has 0 bridgehead atoms. The van der Waals surface area contributed by atoms with Gasteiger partial charge in [-0.1, -0.05) is 0 Å². The maximum absolute atomic E-state index is 8.75. The van der Waals surface area contributed by atoms with E-state index >= 15 is 0 Å². The predicted molar refractivity (Wildman–Crippen MR) is 218 cm³/mol. The summed E-state index contributed by atoms with van der Waals surface area (Å²) in [6, 6.07) is 32.3. The summed E-state index contributed by atoms with van der Waals surface area (Å²) in [5.41, 5.74) is 16.3. The summed E-state index contributed by atoms with van der Waals surface area (Å²) in [5, 5.41) is 0. The van der Waals surface area contributed by atoms with E-state index in [1.165, 1.54) is 66.8 Å². The van der Waals surface area contributed by atoms with Gasteiger partial charge >= 0.3 is 308 Å². The Morgan fingerprint density at radius 2 is 1.10 bits per heavy atom. The molecule has 0 saturated heterocycles. The zero-order chi connectivity index (χ0) is 35.3. The van der Waals surface area contributed by atoms with E-state index in [0.717, 1.165) is 19.3 Å². The van der Waals surface area contributed by atoms with Crippen molar-refractivity contribution in [3.05, 3.63) is 129 Å². The van der Waals surface area contributed by atoms with Crippen molar-refractivity contribution in [2.45, 2.75) is 99.9 Å². The van der Waals surface area contributed by atoms with Crippen molar-refractivity contribution in [2.24, 2.45) is 5.92 Å². The second-order valence-electron chi connectivity index (χ2n) is 15.6. The molecule has 0 aromatic heterocycles. The van der Waals surface area contributed by atoms with Crippen LogP contribution in [0.25, 0.3) is 34.4 Å². The van der Waals surface area contributed by atoms with Crippen LogP contribution in [0.5, 0.6) is 0 Å². The SMILES string of the molecule is CCC1=Cc2c(-c3ccc(C(C)CC)cc3)cccc2[CH]1[Zr]([Cl])([Cl])([CH]1C(C(C)CC)=Cc2c(-c3ccc(C(C)C)cc3)cccc21)[SiH](C)C. The third kappa shape index (κ3) is 6.20. The normalized spacial score (nSPS) is 19.2. The predicted octanol–water partition coefficient (Wildman–Crippen LogP) is 14.7. The zero-order valence-electron chi connectivity index (χ0n) is 31.1. The van der Waals surface area contributed by atoms with Gasteiger partial charge in [-0.2, -0.15) is 0 Å². The van der Waals surface area contributed by atoms with Gasteiger partial charge in [0.15, 0.2) is 0 Å². The van der Waals surface area contributed by atoms with Crippen molar-refractivity contribution in [1.29, 1.82) is 0 Å². The van der Waals surface area contributed by atoms with E-state index in [2.05, 4.69) is 159 Å². The molecule has 0 heterocycles. The quantitative estimate of drug-likeness (QED) is 0.133. The van der Waals surface area contributed by atoms with Crippen LogP contribution in [-0.4, -0.2) is 5.92 Å². The number of halogens is 2. The summed E-state index contributed by atoms with van der Waals surface area (Å²) in [6.07, 6.45) is 8.19. The van der Waals surface area contributed by atoms with E-state index in [1.807, 2.05) is 0 Å². The minimum absolute atomic E-state index is 0.0978. The molecular formula is C45H55Cl2SiZr. The molecule has 257 valence electrons. The molecule has 6 rings (SSSR count). The van der Waals surface area contributed by atoms with Gasteiger partial charge in [0.2, 0.25) is 0 Å². The molecular weight excluding hydrogens is 731 g/mol. The second kappa shape index (κ2) is 14.2. The summed E-state index contributed by atoms with van der Waals surface area (Å²) < 4.78 is 0.203. The first-order valence-electron chi connectivity index (χ1n) is 18.8. The fourth-order valence-corrected chi connectivity index (χ4v) is 40.3. The number of fused-ring (bicyclic) bond motifs is 2. The third-order valence-corrected chi connectivity index (χ3v) is 64.1.